The summed E-state index contributed by atoms with van der Waals surface area (Å²) in [5.41, 5.74) is 2.05. The molecule has 1 aromatic heterocycles. The van der Waals surface area contributed by atoms with Crippen LogP contribution < -0.4 is 4.90 Å². The highest BCUT2D eigenvalue weighted by atomic mass is 16.3. The van der Waals surface area contributed by atoms with Gasteiger partial charge in [-0.3, -0.25) is 0 Å². The van der Waals surface area contributed by atoms with E-state index in [1.165, 1.54) is 12.8 Å². The van der Waals surface area contributed by atoms with E-state index >= 15 is 0 Å². The lowest BCUT2D eigenvalue weighted by Gasteiger charge is -2.28. The molecule has 4 nitrogen and oxygen atoms in total. The number of hydrogen-bond donors (Lipinski definition) is 0. The minimum atomic E-state index is 0.914. The van der Waals surface area contributed by atoms with Crippen LogP contribution in [0.15, 0.2) is 52.1 Å². The van der Waals surface area contributed by atoms with Crippen LogP contribution in [0, 0.1) is 6.92 Å². The number of nitrogens with zero attached hydrogens (tertiary/aromatic N) is 3. The summed E-state index contributed by atoms with van der Waals surface area (Å²) in [5.74, 6) is 1.90. The van der Waals surface area contributed by atoms with Gasteiger partial charge in [0.15, 0.2) is 0 Å². The SMILES string of the molecule is Cc1occc1N(C)C(=Nc1ccccc1)N1CCCC1. The summed E-state index contributed by atoms with van der Waals surface area (Å²) in [6, 6.07) is 12.1. The fourth-order valence-electron chi connectivity index (χ4n) is 2.73. The van der Waals surface area contributed by atoms with Crippen molar-refractivity contribution >= 4 is 17.3 Å². The van der Waals surface area contributed by atoms with Gasteiger partial charge in [-0.25, -0.2) is 4.99 Å². The summed E-state index contributed by atoms with van der Waals surface area (Å²) in [6.07, 6.45) is 4.18. The van der Waals surface area contributed by atoms with Crippen molar-refractivity contribution in [3.8, 4) is 0 Å². The molecule has 2 heterocycles. The van der Waals surface area contributed by atoms with Crippen LogP contribution in [-0.2, 0) is 0 Å². The van der Waals surface area contributed by atoms with Crippen LogP contribution in [0.5, 0.6) is 0 Å². The number of guanidine groups is 1. The molecular weight excluding hydrogens is 262 g/mol. The average Bonchev–Trinajstić information content (AvgIpc) is 3.16. The van der Waals surface area contributed by atoms with Crippen LogP contribution in [0.3, 0.4) is 0 Å². The van der Waals surface area contributed by atoms with Gasteiger partial charge in [0.05, 0.1) is 17.6 Å². The van der Waals surface area contributed by atoms with E-state index in [1.54, 1.807) is 6.26 Å². The second kappa shape index (κ2) is 6.04. The summed E-state index contributed by atoms with van der Waals surface area (Å²) in [6.45, 7) is 4.11. The van der Waals surface area contributed by atoms with E-state index in [9.17, 15) is 0 Å². The number of rotatable bonds is 2. The Kier molecular flexibility index (Phi) is 3.95. The molecule has 0 unspecified atom stereocenters. The van der Waals surface area contributed by atoms with Crippen molar-refractivity contribution in [1.82, 2.24) is 4.90 Å². The molecule has 0 N–H and O–H groups in total. The minimum Gasteiger partial charge on any atom is -0.467 e. The molecule has 0 radical (unpaired) electrons. The molecule has 4 heteroatoms. The van der Waals surface area contributed by atoms with Crippen molar-refractivity contribution < 1.29 is 4.42 Å². The number of benzene rings is 1. The predicted molar refractivity (Wildman–Crippen MR) is 86.2 cm³/mol. The molecule has 0 bridgehead atoms. The Morgan fingerprint density at radius 2 is 1.86 bits per heavy atom. The molecule has 110 valence electrons. The monoisotopic (exact) mass is 283 g/mol. The molecule has 0 spiro atoms. The molecule has 1 fully saturated rings. The normalized spacial score (nSPS) is 15.5. The quantitative estimate of drug-likeness (QED) is 0.620. The first-order chi connectivity index (χ1) is 10.3. The van der Waals surface area contributed by atoms with Crippen LogP contribution in [0.4, 0.5) is 11.4 Å². The van der Waals surface area contributed by atoms with Crippen molar-refractivity contribution in [1.29, 1.82) is 0 Å². The average molecular weight is 283 g/mol. The third-order valence-electron chi connectivity index (χ3n) is 3.87. The summed E-state index contributed by atoms with van der Waals surface area (Å²) < 4.78 is 5.43. The summed E-state index contributed by atoms with van der Waals surface area (Å²) in [5, 5.41) is 0. The maximum absolute atomic E-state index is 5.43. The maximum atomic E-state index is 5.43. The van der Waals surface area contributed by atoms with E-state index in [-0.39, 0.29) is 0 Å². The van der Waals surface area contributed by atoms with E-state index in [0.717, 1.165) is 36.2 Å². The van der Waals surface area contributed by atoms with Crippen molar-refractivity contribution in [2.75, 3.05) is 25.0 Å². The van der Waals surface area contributed by atoms with Crippen LogP contribution in [0.1, 0.15) is 18.6 Å². The largest absolute Gasteiger partial charge is 0.467 e. The molecule has 3 rings (SSSR count). The predicted octanol–water partition coefficient (Wildman–Crippen LogP) is 3.81. The Labute approximate surface area is 125 Å². The molecule has 0 atom stereocenters. The number of aryl methyl sites for hydroxylation is 1. The molecule has 1 aliphatic heterocycles. The third kappa shape index (κ3) is 2.94. The van der Waals surface area contributed by atoms with Gasteiger partial charge in [-0.15, -0.1) is 0 Å². The van der Waals surface area contributed by atoms with Gasteiger partial charge >= 0.3 is 0 Å². The second-order valence-corrected chi connectivity index (χ2v) is 5.36. The van der Waals surface area contributed by atoms with Crippen LogP contribution >= 0.6 is 0 Å². The van der Waals surface area contributed by atoms with Crippen molar-refractivity contribution in [3.05, 3.63) is 48.4 Å². The molecule has 1 aliphatic rings. The van der Waals surface area contributed by atoms with Crippen LogP contribution in [0.2, 0.25) is 0 Å². The first-order valence-corrected chi connectivity index (χ1v) is 7.42. The van der Waals surface area contributed by atoms with E-state index in [4.69, 9.17) is 9.41 Å². The highest BCUT2D eigenvalue weighted by Crippen LogP contribution is 2.24. The Morgan fingerprint density at radius 3 is 2.48 bits per heavy atom. The summed E-state index contributed by atoms with van der Waals surface area (Å²) in [7, 11) is 2.05. The first-order valence-electron chi connectivity index (χ1n) is 7.42. The maximum Gasteiger partial charge on any atom is 0.206 e. The zero-order valence-corrected chi connectivity index (χ0v) is 12.6. The number of anilines is 1. The Balaban J connectivity index is 1.96. The number of hydrogen-bond acceptors (Lipinski definition) is 2. The third-order valence-corrected chi connectivity index (χ3v) is 3.87. The lowest BCUT2D eigenvalue weighted by atomic mass is 10.3. The van der Waals surface area contributed by atoms with Crippen molar-refractivity contribution in [3.63, 3.8) is 0 Å². The minimum absolute atomic E-state index is 0.914. The lowest BCUT2D eigenvalue weighted by Crippen LogP contribution is -2.41. The lowest BCUT2D eigenvalue weighted by molar-refractivity contribution is 0.507. The number of likely N-dealkylation sites (tertiary alicyclic amines) is 1. The van der Waals surface area contributed by atoms with Crippen LogP contribution in [-0.4, -0.2) is 31.0 Å². The smallest absolute Gasteiger partial charge is 0.206 e. The number of aliphatic imine (C=N–C) groups is 1. The first kappa shape index (κ1) is 13.7. The Hall–Kier alpha value is -2.23. The highest BCUT2D eigenvalue weighted by molar-refractivity contribution is 5.97. The molecule has 0 aliphatic carbocycles. The molecule has 1 aromatic carbocycles. The van der Waals surface area contributed by atoms with Gasteiger partial charge in [-0.1, -0.05) is 18.2 Å². The van der Waals surface area contributed by atoms with Gasteiger partial charge in [-0.05, 0) is 31.9 Å². The number of furan rings is 1. The van der Waals surface area contributed by atoms with Crippen LogP contribution in [0.25, 0.3) is 0 Å². The van der Waals surface area contributed by atoms with Gasteiger partial charge in [0.2, 0.25) is 5.96 Å². The highest BCUT2D eigenvalue weighted by Gasteiger charge is 2.22. The molecule has 0 saturated carbocycles. The molecular formula is C17H21N3O. The van der Waals surface area contributed by atoms with Gasteiger partial charge in [0.25, 0.3) is 0 Å². The van der Waals surface area contributed by atoms with E-state index < -0.39 is 0 Å². The topological polar surface area (TPSA) is 32.0 Å². The Bertz CT molecular complexity index is 612. The molecule has 2 aromatic rings. The van der Waals surface area contributed by atoms with Gasteiger partial charge in [-0.2, -0.15) is 0 Å². The zero-order chi connectivity index (χ0) is 14.7. The number of para-hydroxylation sites is 1. The molecule has 1 saturated heterocycles. The van der Waals surface area contributed by atoms with E-state index in [0.29, 0.717) is 0 Å². The van der Waals surface area contributed by atoms with Gasteiger partial charge < -0.3 is 14.2 Å². The van der Waals surface area contributed by atoms with Gasteiger partial charge in [0.1, 0.15) is 5.76 Å². The molecule has 0 amide bonds. The van der Waals surface area contributed by atoms with Crippen molar-refractivity contribution in [2.24, 2.45) is 4.99 Å². The van der Waals surface area contributed by atoms with E-state index in [2.05, 4.69) is 16.8 Å². The van der Waals surface area contributed by atoms with Crippen molar-refractivity contribution in [2.45, 2.75) is 19.8 Å². The second-order valence-electron chi connectivity index (χ2n) is 5.36. The summed E-state index contributed by atoms with van der Waals surface area (Å²) in [4.78, 5) is 9.33. The Morgan fingerprint density at radius 1 is 1.14 bits per heavy atom. The fourth-order valence-corrected chi connectivity index (χ4v) is 2.73. The van der Waals surface area contributed by atoms with Gasteiger partial charge in [0, 0.05) is 26.2 Å². The zero-order valence-electron chi connectivity index (χ0n) is 12.6. The summed E-state index contributed by atoms with van der Waals surface area (Å²) >= 11 is 0. The standard InChI is InChI=1S/C17H21N3O/c1-14-16(10-13-21-14)19(2)17(20-11-6-7-12-20)18-15-8-4-3-5-9-15/h3-5,8-10,13H,6-7,11-12H2,1-2H3. The van der Waals surface area contributed by atoms with E-state index in [1.807, 2.05) is 43.3 Å². The fraction of sp³-hybridized carbons (Fsp3) is 0.353. The molecule has 21 heavy (non-hydrogen) atoms.